The van der Waals surface area contributed by atoms with Crippen LogP contribution in [0.2, 0.25) is 0 Å². The van der Waals surface area contributed by atoms with Crippen LogP contribution in [0.5, 0.6) is 0 Å². The van der Waals surface area contributed by atoms with Crippen molar-refractivity contribution in [3.05, 3.63) is 64.1 Å². The van der Waals surface area contributed by atoms with Crippen molar-refractivity contribution in [2.45, 2.75) is 13.1 Å². The Bertz CT molecular complexity index is 519. The molecule has 0 unspecified atom stereocenters. The molecule has 2 rings (SSSR count). The molecule has 1 heterocycles. The largest absolute Gasteiger partial charge is 0.326 e. The van der Waals surface area contributed by atoms with Gasteiger partial charge in [-0.1, -0.05) is 30.3 Å². The topological polar surface area (TPSA) is 60.9 Å². The summed E-state index contributed by atoms with van der Waals surface area (Å²) in [6.07, 6.45) is 1.63. The van der Waals surface area contributed by atoms with Crippen LogP contribution in [0.15, 0.2) is 47.4 Å². The average Bonchev–Trinajstić information content (AvgIpc) is 2.33. The number of hydrogen-bond acceptors (Lipinski definition) is 3. The quantitative estimate of drug-likeness (QED) is 0.821. The predicted octanol–water partition coefficient (Wildman–Crippen LogP) is 0.750. The summed E-state index contributed by atoms with van der Waals surface area (Å²) in [7, 11) is 0. The molecule has 0 saturated heterocycles. The smallest absolute Gasteiger partial charge is 0.267 e. The van der Waals surface area contributed by atoms with E-state index in [9.17, 15) is 4.79 Å². The Kier molecular flexibility index (Phi) is 3.12. The summed E-state index contributed by atoms with van der Waals surface area (Å²) in [6.45, 7) is 0.832. The van der Waals surface area contributed by atoms with Gasteiger partial charge in [-0.05, 0) is 11.1 Å². The molecule has 0 aliphatic carbocycles. The highest BCUT2D eigenvalue weighted by Crippen LogP contribution is 1.99. The monoisotopic (exact) mass is 215 g/mol. The third-order valence-electron chi connectivity index (χ3n) is 2.34. The van der Waals surface area contributed by atoms with Gasteiger partial charge in [0.2, 0.25) is 0 Å². The summed E-state index contributed by atoms with van der Waals surface area (Å²) >= 11 is 0. The Balaban J connectivity index is 2.26. The molecule has 1 aromatic carbocycles. The molecule has 0 spiro atoms. The number of nitrogens with zero attached hydrogens (tertiary/aromatic N) is 2. The lowest BCUT2D eigenvalue weighted by Gasteiger charge is -2.04. The average molecular weight is 215 g/mol. The van der Waals surface area contributed by atoms with Crippen LogP contribution in [0.1, 0.15) is 11.1 Å². The van der Waals surface area contributed by atoms with Crippen molar-refractivity contribution in [3.63, 3.8) is 0 Å². The third-order valence-corrected chi connectivity index (χ3v) is 2.34. The van der Waals surface area contributed by atoms with Crippen LogP contribution in [0.4, 0.5) is 0 Å². The highest BCUT2D eigenvalue weighted by molar-refractivity contribution is 5.15. The first-order chi connectivity index (χ1) is 7.79. The van der Waals surface area contributed by atoms with Crippen molar-refractivity contribution in [1.29, 1.82) is 0 Å². The zero-order chi connectivity index (χ0) is 11.4. The van der Waals surface area contributed by atoms with Gasteiger partial charge in [-0.25, -0.2) is 4.68 Å². The van der Waals surface area contributed by atoms with Gasteiger partial charge in [0.05, 0.1) is 12.7 Å². The molecule has 1 aromatic heterocycles. The van der Waals surface area contributed by atoms with E-state index >= 15 is 0 Å². The van der Waals surface area contributed by atoms with Gasteiger partial charge in [0.15, 0.2) is 0 Å². The van der Waals surface area contributed by atoms with E-state index in [2.05, 4.69) is 5.10 Å². The van der Waals surface area contributed by atoms with E-state index in [1.807, 2.05) is 30.3 Å². The lowest BCUT2D eigenvalue weighted by molar-refractivity contribution is 0.633. The summed E-state index contributed by atoms with van der Waals surface area (Å²) in [4.78, 5) is 11.6. The molecule has 0 aliphatic rings. The van der Waals surface area contributed by atoms with Gasteiger partial charge in [-0.3, -0.25) is 4.79 Å². The highest BCUT2D eigenvalue weighted by Gasteiger charge is 1.99. The number of nitrogens with two attached hydrogens (primary N) is 1. The van der Waals surface area contributed by atoms with Gasteiger partial charge < -0.3 is 5.73 Å². The van der Waals surface area contributed by atoms with Crippen molar-refractivity contribution in [2.75, 3.05) is 0 Å². The van der Waals surface area contributed by atoms with Gasteiger partial charge in [0.25, 0.3) is 5.56 Å². The standard InChI is InChI=1S/C12H13N3O/c13-7-11-6-12(16)15(14-8-11)9-10-4-2-1-3-5-10/h1-6,8H,7,9,13H2. The maximum Gasteiger partial charge on any atom is 0.267 e. The molecule has 4 nitrogen and oxygen atoms in total. The molecule has 0 bridgehead atoms. The first-order valence-corrected chi connectivity index (χ1v) is 5.09. The number of hydrogen-bond donors (Lipinski definition) is 1. The molecular formula is C12H13N3O. The van der Waals surface area contributed by atoms with Gasteiger partial charge >= 0.3 is 0 Å². The zero-order valence-corrected chi connectivity index (χ0v) is 8.84. The lowest BCUT2D eigenvalue weighted by atomic mass is 10.2. The van der Waals surface area contributed by atoms with Crippen LogP contribution in [0.3, 0.4) is 0 Å². The van der Waals surface area contributed by atoms with Crippen LogP contribution in [-0.2, 0) is 13.1 Å². The van der Waals surface area contributed by atoms with Crippen LogP contribution < -0.4 is 11.3 Å². The molecule has 16 heavy (non-hydrogen) atoms. The molecule has 0 aliphatic heterocycles. The van der Waals surface area contributed by atoms with E-state index < -0.39 is 0 Å². The maximum atomic E-state index is 11.6. The van der Waals surface area contributed by atoms with Crippen molar-refractivity contribution in [2.24, 2.45) is 5.73 Å². The SMILES string of the molecule is NCc1cnn(Cc2ccccc2)c(=O)c1. The summed E-state index contributed by atoms with van der Waals surface area (Å²) in [5.41, 5.74) is 7.13. The van der Waals surface area contributed by atoms with Crippen molar-refractivity contribution in [1.82, 2.24) is 9.78 Å². The Morgan fingerprint density at radius 1 is 1.19 bits per heavy atom. The fourth-order valence-corrected chi connectivity index (χ4v) is 1.46. The number of rotatable bonds is 3. The molecule has 0 radical (unpaired) electrons. The third kappa shape index (κ3) is 2.35. The van der Waals surface area contributed by atoms with E-state index in [0.29, 0.717) is 13.1 Å². The van der Waals surface area contributed by atoms with Gasteiger partial charge in [-0.15, -0.1) is 0 Å². The van der Waals surface area contributed by atoms with Crippen LogP contribution in [0, 0.1) is 0 Å². The molecule has 2 N–H and O–H groups in total. The first kappa shape index (κ1) is 10.6. The number of benzene rings is 1. The van der Waals surface area contributed by atoms with E-state index in [1.54, 1.807) is 6.20 Å². The molecule has 0 fully saturated rings. The summed E-state index contributed by atoms with van der Waals surface area (Å²) in [6, 6.07) is 11.3. The number of aromatic nitrogens is 2. The normalized spacial score (nSPS) is 10.3. The summed E-state index contributed by atoms with van der Waals surface area (Å²) in [5.74, 6) is 0. The first-order valence-electron chi connectivity index (χ1n) is 5.09. The van der Waals surface area contributed by atoms with Crippen molar-refractivity contribution >= 4 is 0 Å². The molecule has 82 valence electrons. The highest BCUT2D eigenvalue weighted by atomic mass is 16.1. The molecule has 2 aromatic rings. The minimum atomic E-state index is -0.119. The maximum absolute atomic E-state index is 11.6. The Labute approximate surface area is 93.3 Å². The molecule has 4 heteroatoms. The fourth-order valence-electron chi connectivity index (χ4n) is 1.46. The molecule has 0 amide bonds. The van der Waals surface area contributed by atoms with E-state index in [0.717, 1.165) is 11.1 Å². The Morgan fingerprint density at radius 2 is 1.94 bits per heavy atom. The summed E-state index contributed by atoms with van der Waals surface area (Å²) in [5, 5.41) is 4.07. The van der Waals surface area contributed by atoms with Gasteiger partial charge in [-0.2, -0.15) is 5.10 Å². The molecule has 0 atom stereocenters. The van der Waals surface area contributed by atoms with Crippen LogP contribution in [0.25, 0.3) is 0 Å². The van der Waals surface area contributed by atoms with Crippen LogP contribution >= 0.6 is 0 Å². The van der Waals surface area contributed by atoms with E-state index in [1.165, 1.54) is 10.7 Å². The summed E-state index contributed by atoms with van der Waals surface area (Å²) < 4.78 is 1.43. The second-order valence-electron chi connectivity index (χ2n) is 3.55. The Hall–Kier alpha value is -1.94. The van der Waals surface area contributed by atoms with Crippen molar-refractivity contribution in [3.8, 4) is 0 Å². The minimum absolute atomic E-state index is 0.119. The Morgan fingerprint density at radius 3 is 2.56 bits per heavy atom. The molecule has 0 saturated carbocycles. The van der Waals surface area contributed by atoms with Crippen LogP contribution in [-0.4, -0.2) is 9.78 Å². The molecular weight excluding hydrogens is 202 g/mol. The second kappa shape index (κ2) is 4.72. The second-order valence-corrected chi connectivity index (χ2v) is 3.55. The fraction of sp³-hybridized carbons (Fsp3) is 0.167. The van der Waals surface area contributed by atoms with E-state index in [4.69, 9.17) is 5.73 Å². The zero-order valence-electron chi connectivity index (χ0n) is 8.84. The predicted molar refractivity (Wildman–Crippen MR) is 61.9 cm³/mol. The van der Waals surface area contributed by atoms with Crippen molar-refractivity contribution < 1.29 is 0 Å². The minimum Gasteiger partial charge on any atom is -0.326 e. The van der Waals surface area contributed by atoms with Gasteiger partial charge in [0, 0.05) is 12.6 Å². The van der Waals surface area contributed by atoms with E-state index in [-0.39, 0.29) is 5.56 Å². The lowest BCUT2D eigenvalue weighted by Crippen LogP contribution is -2.23. The van der Waals surface area contributed by atoms with Gasteiger partial charge in [0.1, 0.15) is 0 Å².